The van der Waals surface area contributed by atoms with Gasteiger partial charge < -0.3 is 5.32 Å². The molecule has 2 nitrogen and oxygen atoms in total. The fraction of sp³-hybridized carbons (Fsp3) is 0.308. The third-order valence-electron chi connectivity index (χ3n) is 2.78. The summed E-state index contributed by atoms with van der Waals surface area (Å²) in [5, 5.41) is 3.18. The second kappa shape index (κ2) is 5.71. The summed E-state index contributed by atoms with van der Waals surface area (Å²) >= 11 is 1.51. The summed E-state index contributed by atoms with van der Waals surface area (Å²) in [5.74, 6) is 0. The van der Waals surface area contributed by atoms with Crippen molar-refractivity contribution >= 4 is 11.3 Å². The molecule has 0 saturated carbocycles. The summed E-state index contributed by atoms with van der Waals surface area (Å²) in [6.45, 7) is 2.44. The van der Waals surface area contributed by atoms with E-state index in [0.29, 0.717) is 12.1 Å². The highest BCUT2D eigenvalue weighted by Crippen LogP contribution is 2.30. The van der Waals surface area contributed by atoms with Crippen molar-refractivity contribution in [2.24, 2.45) is 0 Å². The molecule has 19 heavy (non-hydrogen) atoms. The number of hydrogen-bond acceptors (Lipinski definition) is 3. The molecule has 1 heterocycles. The number of alkyl halides is 3. The van der Waals surface area contributed by atoms with Crippen LogP contribution in [-0.2, 0) is 12.7 Å². The minimum Gasteiger partial charge on any atom is -0.305 e. The SMILES string of the molecule is CC(NCc1cncs1)c1cccc(C(F)(F)F)c1. The van der Waals surface area contributed by atoms with Crippen molar-refractivity contribution in [2.45, 2.75) is 25.7 Å². The van der Waals surface area contributed by atoms with E-state index in [2.05, 4.69) is 10.3 Å². The van der Waals surface area contributed by atoms with Crippen molar-refractivity contribution in [3.63, 3.8) is 0 Å². The van der Waals surface area contributed by atoms with Crippen molar-refractivity contribution in [1.82, 2.24) is 10.3 Å². The van der Waals surface area contributed by atoms with Crippen LogP contribution in [0, 0.1) is 0 Å². The lowest BCUT2D eigenvalue weighted by Gasteiger charge is -2.15. The van der Waals surface area contributed by atoms with E-state index in [0.717, 1.165) is 10.9 Å². The number of thiazole rings is 1. The molecule has 1 unspecified atom stereocenters. The van der Waals surface area contributed by atoms with Gasteiger partial charge in [-0.2, -0.15) is 13.2 Å². The van der Waals surface area contributed by atoms with E-state index in [1.807, 2.05) is 6.92 Å². The van der Waals surface area contributed by atoms with Gasteiger partial charge in [0.1, 0.15) is 0 Å². The van der Waals surface area contributed by atoms with Crippen molar-refractivity contribution in [2.75, 3.05) is 0 Å². The van der Waals surface area contributed by atoms with Crippen LogP contribution in [0.5, 0.6) is 0 Å². The van der Waals surface area contributed by atoms with Gasteiger partial charge >= 0.3 is 6.18 Å². The maximum absolute atomic E-state index is 12.6. The number of benzene rings is 1. The molecule has 0 radical (unpaired) electrons. The van der Waals surface area contributed by atoms with E-state index in [4.69, 9.17) is 0 Å². The highest BCUT2D eigenvalue weighted by atomic mass is 32.1. The third-order valence-corrected chi connectivity index (χ3v) is 3.56. The topological polar surface area (TPSA) is 24.9 Å². The normalized spacial score (nSPS) is 13.5. The zero-order chi connectivity index (χ0) is 13.9. The van der Waals surface area contributed by atoms with Crippen LogP contribution >= 0.6 is 11.3 Å². The van der Waals surface area contributed by atoms with Crippen LogP contribution in [0.4, 0.5) is 13.2 Å². The fourth-order valence-electron chi connectivity index (χ4n) is 1.69. The zero-order valence-corrected chi connectivity index (χ0v) is 11.1. The van der Waals surface area contributed by atoms with Gasteiger partial charge in [-0.05, 0) is 24.6 Å². The largest absolute Gasteiger partial charge is 0.416 e. The first-order valence-electron chi connectivity index (χ1n) is 5.75. The van der Waals surface area contributed by atoms with Crippen LogP contribution < -0.4 is 5.32 Å². The van der Waals surface area contributed by atoms with E-state index in [-0.39, 0.29) is 6.04 Å². The molecule has 2 aromatic rings. The average Bonchev–Trinajstić information content (AvgIpc) is 2.88. The Labute approximate surface area is 113 Å². The minimum absolute atomic E-state index is 0.149. The Bertz CT molecular complexity index is 523. The molecule has 2 rings (SSSR count). The first-order chi connectivity index (χ1) is 8.97. The molecule has 0 aliphatic carbocycles. The third kappa shape index (κ3) is 3.78. The molecule has 0 spiro atoms. The standard InChI is InChI=1S/C13H13F3N2S/c1-9(18-7-12-6-17-8-19-12)10-3-2-4-11(5-10)13(14,15)16/h2-6,8-9,18H,7H2,1H3. The first kappa shape index (κ1) is 14.0. The average molecular weight is 286 g/mol. The quantitative estimate of drug-likeness (QED) is 0.918. The van der Waals surface area contributed by atoms with Crippen molar-refractivity contribution in [3.05, 3.63) is 52.0 Å². The molecule has 0 amide bonds. The lowest BCUT2D eigenvalue weighted by Crippen LogP contribution is -2.18. The molecule has 1 aromatic heterocycles. The van der Waals surface area contributed by atoms with Gasteiger partial charge in [0.2, 0.25) is 0 Å². The number of rotatable bonds is 4. The molecular weight excluding hydrogens is 273 g/mol. The smallest absolute Gasteiger partial charge is 0.305 e. The Morgan fingerprint density at radius 1 is 1.37 bits per heavy atom. The fourth-order valence-corrected chi connectivity index (χ4v) is 2.23. The Balaban J connectivity index is 2.04. The van der Waals surface area contributed by atoms with Crippen molar-refractivity contribution in [1.29, 1.82) is 0 Å². The van der Waals surface area contributed by atoms with Crippen LogP contribution in [0.1, 0.15) is 29.0 Å². The number of nitrogens with one attached hydrogen (secondary N) is 1. The van der Waals surface area contributed by atoms with Crippen LogP contribution in [0.2, 0.25) is 0 Å². The number of nitrogens with zero attached hydrogens (tertiary/aromatic N) is 1. The highest BCUT2D eigenvalue weighted by molar-refractivity contribution is 7.09. The van der Waals surface area contributed by atoms with Gasteiger partial charge in [0.05, 0.1) is 11.1 Å². The molecule has 0 fully saturated rings. The van der Waals surface area contributed by atoms with Gasteiger partial charge in [-0.15, -0.1) is 11.3 Å². The number of aromatic nitrogens is 1. The Hall–Kier alpha value is -1.40. The van der Waals surface area contributed by atoms with Crippen LogP contribution in [-0.4, -0.2) is 4.98 Å². The zero-order valence-electron chi connectivity index (χ0n) is 10.2. The second-order valence-corrected chi connectivity index (χ2v) is 5.16. The van der Waals surface area contributed by atoms with Crippen molar-refractivity contribution < 1.29 is 13.2 Å². The summed E-state index contributed by atoms with van der Waals surface area (Å²) < 4.78 is 37.8. The molecule has 102 valence electrons. The summed E-state index contributed by atoms with van der Waals surface area (Å²) in [6.07, 6.45) is -2.55. The molecule has 1 aromatic carbocycles. The van der Waals surface area contributed by atoms with E-state index in [9.17, 15) is 13.2 Å². The van der Waals surface area contributed by atoms with Crippen LogP contribution in [0.25, 0.3) is 0 Å². The minimum atomic E-state index is -4.30. The Morgan fingerprint density at radius 3 is 2.79 bits per heavy atom. The lowest BCUT2D eigenvalue weighted by atomic mass is 10.0. The van der Waals surface area contributed by atoms with Crippen LogP contribution in [0.15, 0.2) is 36.0 Å². The number of halogens is 3. The summed E-state index contributed by atoms with van der Waals surface area (Å²) in [6, 6.07) is 5.25. The Morgan fingerprint density at radius 2 is 2.16 bits per heavy atom. The first-order valence-corrected chi connectivity index (χ1v) is 6.62. The molecule has 1 N–H and O–H groups in total. The molecule has 0 saturated heterocycles. The molecule has 0 aliphatic rings. The summed E-state index contributed by atoms with van der Waals surface area (Å²) in [5.41, 5.74) is 1.74. The van der Waals surface area contributed by atoms with E-state index >= 15 is 0 Å². The van der Waals surface area contributed by atoms with Gasteiger partial charge in [-0.25, -0.2) is 0 Å². The molecular formula is C13H13F3N2S. The molecule has 0 aliphatic heterocycles. The van der Waals surface area contributed by atoms with E-state index in [1.165, 1.54) is 23.5 Å². The van der Waals surface area contributed by atoms with Gasteiger partial charge in [0.25, 0.3) is 0 Å². The molecule has 1 atom stereocenters. The second-order valence-electron chi connectivity index (χ2n) is 4.19. The predicted octanol–water partition coefficient (Wildman–Crippen LogP) is 4.01. The van der Waals surface area contributed by atoms with E-state index in [1.54, 1.807) is 17.8 Å². The molecule has 0 bridgehead atoms. The Kier molecular flexibility index (Phi) is 4.21. The lowest BCUT2D eigenvalue weighted by molar-refractivity contribution is -0.137. The van der Waals surface area contributed by atoms with Crippen molar-refractivity contribution in [3.8, 4) is 0 Å². The monoisotopic (exact) mass is 286 g/mol. The molecule has 6 heteroatoms. The van der Waals surface area contributed by atoms with Crippen LogP contribution in [0.3, 0.4) is 0 Å². The van der Waals surface area contributed by atoms with Gasteiger partial charge in [0, 0.05) is 23.7 Å². The maximum atomic E-state index is 12.6. The summed E-state index contributed by atoms with van der Waals surface area (Å²) in [7, 11) is 0. The summed E-state index contributed by atoms with van der Waals surface area (Å²) in [4.78, 5) is 5.00. The highest BCUT2D eigenvalue weighted by Gasteiger charge is 2.30. The van der Waals surface area contributed by atoms with Gasteiger partial charge in [-0.1, -0.05) is 12.1 Å². The number of hydrogen-bond donors (Lipinski definition) is 1. The van der Waals surface area contributed by atoms with Gasteiger partial charge in [-0.3, -0.25) is 4.98 Å². The van der Waals surface area contributed by atoms with E-state index < -0.39 is 11.7 Å². The maximum Gasteiger partial charge on any atom is 0.416 e. The van der Waals surface area contributed by atoms with Gasteiger partial charge in [0.15, 0.2) is 0 Å². The predicted molar refractivity (Wildman–Crippen MR) is 68.8 cm³/mol.